The number of anilines is 6. The van der Waals surface area contributed by atoms with E-state index in [9.17, 15) is 0 Å². The van der Waals surface area contributed by atoms with Crippen molar-refractivity contribution >= 4 is 35.2 Å². The lowest BCUT2D eigenvalue weighted by molar-refractivity contribution is -2.00. The molecule has 0 saturated heterocycles. The van der Waals surface area contributed by atoms with E-state index in [1.807, 2.05) is 0 Å². The Kier molecular flexibility index (Phi) is 16.6. The SMILES string of the molecule is Nc1[nH+]c(N)c(-c2c(N)[nH+]c(N)[nH+]c2N)c(N)[nH+]1.[O-][Cl+3]([O-])([O-])[O-].[O-][Cl+3]([O-])([O-])[O-].[O-][Cl+3]([O-])([O-])[O-].[O-][Cl+3]([O-])([O-])[O-]. The van der Waals surface area contributed by atoms with Gasteiger partial charge in [0.2, 0.25) is 11.6 Å². The van der Waals surface area contributed by atoms with Crippen molar-refractivity contribution < 1.29 is 135 Å². The molecular formula is C8H16Cl4N10O16. The summed E-state index contributed by atoms with van der Waals surface area (Å²) in [5.41, 5.74) is 35.2. The maximum absolute atomic E-state index is 8.49. The number of nitrogen functional groups attached to an aromatic ring is 6. The minimum atomic E-state index is -4.94. The second-order valence-corrected chi connectivity index (χ2v) is 8.27. The molecule has 0 aliphatic carbocycles. The number of H-pyrrole nitrogens is 4. The fourth-order valence-electron chi connectivity index (χ4n) is 1.72. The third-order valence-corrected chi connectivity index (χ3v) is 2.40. The number of aromatic amines is 4. The van der Waals surface area contributed by atoms with Gasteiger partial charge in [-0.05, 0) is 0 Å². The topological polar surface area (TPSA) is 582 Å². The molecule has 0 spiro atoms. The van der Waals surface area contributed by atoms with Crippen LogP contribution in [0.5, 0.6) is 0 Å². The molecule has 0 aliphatic heterocycles. The van der Waals surface area contributed by atoms with Gasteiger partial charge in [-0.2, -0.15) is 19.9 Å². The summed E-state index contributed by atoms with van der Waals surface area (Å²) < 4.78 is 136. The van der Waals surface area contributed by atoms with E-state index in [0.717, 1.165) is 0 Å². The number of nitrogens with two attached hydrogens (primary N) is 6. The van der Waals surface area contributed by atoms with E-state index in [0.29, 0.717) is 11.1 Å². The second-order valence-electron chi connectivity index (χ2n) is 5.24. The van der Waals surface area contributed by atoms with Crippen molar-refractivity contribution in [3.8, 4) is 11.1 Å². The lowest BCUT2D eigenvalue weighted by atomic mass is 10.1. The molecule has 38 heavy (non-hydrogen) atoms. The molecule has 2 aromatic rings. The van der Waals surface area contributed by atoms with Crippen LogP contribution in [0.2, 0.25) is 0 Å². The molecule has 26 nitrogen and oxygen atoms in total. The molecular weight excluding hydrogens is 634 g/mol. The highest BCUT2D eigenvalue weighted by molar-refractivity contribution is 5.89. The zero-order valence-corrected chi connectivity index (χ0v) is 20.5. The Hall–Kier alpha value is -2.52. The van der Waals surface area contributed by atoms with E-state index in [4.69, 9.17) is 109 Å². The van der Waals surface area contributed by atoms with Gasteiger partial charge in [0.05, 0.1) is 0 Å². The lowest BCUT2D eigenvalue weighted by Crippen LogP contribution is -2.68. The van der Waals surface area contributed by atoms with Crippen LogP contribution < -0.4 is 129 Å². The Morgan fingerprint density at radius 1 is 0.316 bits per heavy atom. The molecule has 0 unspecified atom stereocenters. The van der Waals surface area contributed by atoms with Gasteiger partial charge in [0.25, 0.3) is 11.6 Å². The Morgan fingerprint density at radius 3 is 0.526 bits per heavy atom. The summed E-state index contributed by atoms with van der Waals surface area (Å²) in [5, 5.41) is 0. The average Bonchev–Trinajstić information content (AvgIpc) is 2.49. The van der Waals surface area contributed by atoms with E-state index in [1.165, 1.54) is 0 Å². The number of hydrogen-bond donors (Lipinski definition) is 6. The normalized spacial score (nSPS) is 11.3. The van der Waals surface area contributed by atoms with Crippen LogP contribution >= 0.6 is 0 Å². The molecule has 0 aliphatic rings. The number of rotatable bonds is 1. The zero-order valence-electron chi connectivity index (χ0n) is 17.5. The Balaban J connectivity index is -0.000000502. The lowest BCUT2D eigenvalue weighted by Gasteiger charge is -2.17. The summed E-state index contributed by atoms with van der Waals surface area (Å²) in [5.74, 6) is 1.36. The summed E-state index contributed by atoms with van der Waals surface area (Å²) in [6.07, 6.45) is 0. The first-order chi connectivity index (χ1) is 16.4. The first-order valence-electron chi connectivity index (χ1n) is 7.45. The van der Waals surface area contributed by atoms with Gasteiger partial charge in [-0.15, -0.1) is 41.0 Å². The number of hydrogen-bond acceptors (Lipinski definition) is 22. The summed E-state index contributed by atoms with van der Waals surface area (Å²) in [7, 11) is -19.8. The van der Waals surface area contributed by atoms with Crippen LogP contribution in [0.15, 0.2) is 0 Å². The zero-order chi connectivity index (χ0) is 31.4. The molecule has 0 radical (unpaired) electrons. The summed E-state index contributed by atoms with van der Waals surface area (Å²) in [6, 6.07) is 0. The predicted octanol–water partition coefficient (Wildman–Crippen LogP) is -22.9. The standard InChI is InChI=1S/C8H12N10.4ClHO4/c9-3-1(4(10)16-7(13)15-3)2-5(11)17-8(14)18-6(2)12;4*2-1(3,4)5/h(H6,9,10,13,15,16)(H6,11,12,14,17,18);4*(H,2,3,4,5). The van der Waals surface area contributed by atoms with Gasteiger partial charge < -0.3 is 11.5 Å². The Morgan fingerprint density at radius 2 is 0.421 bits per heavy atom. The molecule has 16 N–H and O–H groups in total. The fraction of sp³-hybridized carbons (Fsp3) is 0. The van der Waals surface area contributed by atoms with Crippen molar-refractivity contribution in [2.45, 2.75) is 0 Å². The summed E-state index contributed by atoms with van der Waals surface area (Å²) in [4.78, 5) is 10.8. The number of nitrogens with one attached hydrogen (secondary N) is 4. The minimum Gasteiger partial charge on any atom is -0.365 e. The summed E-state index contributed by atoms with van der Waals surface area (Å²) in [6.45, 7) is 0. The average molecular weight is 650 g/mol. The van der Waals surface area contributed by atoms with Gasteiger partial charge in [-0.25, -0.2) is 74.5 Å². The molecule has 2 rings (SSSR count). The Bertz CT molecular complexity index is 823. The quantitative estimate of drug-likeness (QED) is 0.167. The molecule has 0 saturated carbocycles. The third kappa shape index (κ3) is 31.5. The van der Waals surface area contributed by atoms with E-state index in [1.54, 1.807) is 0 Å². The fourth-order valence-corrected chi connectivity index (χ4v) is 1.72. The minimum absolute atomic E-state index is 0.217. The van der Waals surface area contributed by atoms with Gasteiger partial charge in [0.15, 0.2) is 0 Å². The maximum atomic E-state index is 8.49. The first kappa shape index (κ1) is 40.0. The maximum Gasteiger partial charge on any atom is 0.440 e. The van der Waals surface area contributed by atoms with Crippen molar-refractivity contribution in [1.29, 1.82) is 0 Å². The van der Waals surface area contributed by atoms with Crippen LogP contribution in [-0.4, -0.2) is 0 Å². The molecule has 0 atom stereocenters. The predicted molar refractivity (Wildman–Crippen MR) is 64.6 cm³/mol. The van der Waals surface area contributed by atoms with Crippen LogP contribution in [0.1, 0.15) is 0 Å². The number of halogens is 4. The molecule has 2 aromatic heterocycles. The smallest absolute Gasteiger partial charge is 0.365 e. The van der Waals surface area contributed by atoms with Gasteiger partial charge >= 0.3 is 11.9 Å². The van der Waals surface area contributed by atoms with E-state index in [2.05, 4.69) is 19.9 Å². The monoisotopic (exact) mass is 648 g/mol. The molecule has 222 valence electrons. The first-order valence-corrected chi connectivity index (χ1v) is 12.4. The largest absolute Gasteiger partial charge is 0.440 e. The molecule has 0 amide bonds. The van der Waals surface area contributed by atoms with Gasteiger partial charge in [-0.3, -0.25) is 22.9 Å². The van der Waals surface area contributed by atoms with Crippen LogP contribution in [0.3, 0.4) is 0 Å². The molecule has 2 heterocycles. The van der Waals surface area contributed by atoms with Crippen LogP contribution in [0, 0.1) is 41.0 Å². The van der Waals surface area contributed by atoms with Gasteiger partial charge in [-0.1, -0.05) is 0 Å². The highest BCUT2D eigenvalue weighted by Gasteiger charge is 2.28. The van der Waals surface area contributed by atoms with Gasteiger partial charge in [0, 0.05) is 0 Å². The molecule has 0 bridgehead atoms. The van der Waals surface area contributed by atoms with E-state index in [-0.39, 0.29) is 35.2 Å². The van der Waals surface area contributed by atoms with Crippen molar-refractivity contribution in [2.75, 3.05) is 34.4 Å². The summed E-state index contributed by atoms with van der Waals surface area (Å²) >= 11 is 0. The Labute approximate surface area is 216 Å². The third-order valence-electron chi connectivity index (χ3n) is 2.40. The van der Waals surface area contributed by atoms with Crippen LogP contribution in [0.25, 0.3) is 11.1 Å². The van der Waals surface area contributed by atoms with Crippen LogP contribution in [0.4, 0.5) is 35.2 Å². The number of aromatic nitrogens is 4. The van der Waals surface area contributed by atoms with Gasteiger partial charge in [0.1, 0.15) is 11.1 Å². The van der Waals surface area contributed by atoms with Crippen LogP contribution in [-0.2, 0) is 0 Å². The highest BCUT2D eigenvalue weighted by Crippen LogP contribution is 2.32. The van der Waals surface area contributed by atoms with Crippen molar-refractivity contribution in [2.24, 2.45) is 0 Å². The van der Waals surface area contributed by atoms with E-state index >= 15 is 0 Å². The van der Waals surface area contributed by atoms with Crippen molar-refractivity contribution in [3.63, 3.8) is 0 Å². The second kappa shape index (κ2) is 15.8. The van der Waals surface area contributed by atoms with E-state index < -0.39 is 41.0 Å². The molecule has 30 heteroatoms. The molecule has 0 fully saturated rings. The molecule has 0 aromatic carbocycles. The van der Waals surface area contributed by atoms with Crippen molar-refractivity contribution in [3.05, 3.63) is 0 Å². The highest BCUT2D eigenvalue weighted by atomic mass is 35.7. The van der Waals surface area contributed by atoms with Crippen molar-refractivity contribution in [1.82, 2.24) is 0 Å².